The summed E-state index contributed by atoms with van der Waals surface area (Å²) in [6.45, 7) is 6.55. The smallest absolute Gasteiger partial charge is 0.193 e. The molecule has 0 aliphatic carbocycles. The molecular weight excluding hydrogens is 480 g/mol. The van der Waals surface area contributed by atoms with E-state index in [0.29, 0.717) is 5.92 Å². The average molecular weight is 511 g/mol. The molecule has 27 heavy (non-hydrogen) atoms. The number of nitrogens with zero attached hydrogens (tertiary/aromatic N) is 2. The van der Waals surface area contributed by atoms with Crippen LogP contribution in [0.25, 0.3) is 0 Å². The largest absolute Gasteiger partial charge is 0.355 e. The van der Waals surface area contributed by atoms with Gasteiger partial charge in [0.2, 0.25) is 0 Å². The van der Waals surface area contributed by atoms with E-state index in [4.69, 9.17) is 0 Å². The van der Waals surface area contributed by atoms with E-state index >= 15 is 0 Å². The van der Waals surface area contributed by atoms with Gasteiger partial charge in [-0.3, -0.25) is 4.99 Å². The lowest BCUT2D eigenvalue weighted by Crippen LogP contribution is -2.42. The summed E-state index contributed by atoms with van der Waals surface area (Å²) in [6, 6.07) is 5.49. The monoisotopic (exact) mass is 511 g/mol. The summed E-state index contributed by atoms with van der Waals surface area (Å²) in [5.74, 6) is 1.23. The summed E-state index contributed by atoms with van der Waals surface area (Å²) in [7, 11) is -1.95. The summed E-state index contributed by atoms with van der Waals surface area (Å²) in [6.07, 6.45) is 3.50. The first-order valence-electron chi connectivity index (χ1n) is 9.35. The van der Waals surface area contributed by atoms with Crippen molar-refractivity contribution < 1.29 is 12.8 Å². The first-order valence-corrected chi connectivity index (χ1v) is 11.0. The van der Waals surface area contributed by atoms with Crippen molar-refractivity contribution in [3.8, 4) is 0 Å². The number of likely N-dealkylation sites (tertiary alicyclic amines) is 1. The Morgan fingerprint density at radius 2 is 2.00 bits per heavy atom. The number of hydrogen-bond acceptors (Lipinski definition) is 3. The Kier molecular flexibility index (Phi) is 10.0. The molecule has 1 unspecified atom stereocenters. The Morgan fingerprint density at radius 1 is 1.33 bits per heavy atom. The zero-order valence-corrected chi connectivity index (χ0v) is 19.5. The van der Waals surface area contributed by atoms with E-state index in [2.05, 4.69) is 29.1 Å². The van der Waals surface area contributed by atoms with Gasteiger partial charge in [-0.05, 0) is 30.4 Å². The highest BCUT2D eigenvalue weighted by molar-refractivity contribution is 14.0. The van der Waals surface area contributed by atoms with Crippen LogP contribution in [0, 0.1) is 17.7 Å². The number of guanidine groups is 1. The Morgan fingerprint density at radius 3 is 2.59 bits per heavy atom. The van der Waals surface area contributed by atoms with Crippen LogP contribution in [0.4, 0.5) is 4.39 Å². The van der Waals surface area contributed by atoms with Crippen molar-refractivity contribution in [2.45, 2.75) is 38.0 Å². The van der Waals surface area contributed by atoms with Crippen molar-refractivity contribution in [2.75, 3.05) is 32.4 Å². The normalized spacial score (nSPS) is 17.9. The Balaban J connectivity index is 0.00000364. The maximum atomic E-state index is 13.7. The third kappa shape index (κ3) is 6.30. The molecule has 154 valence electrons. The molecular formula is C19H31FIN3O2S. The molecule has 0 bridgehead atoms. The molecule has 0 radical (unpaired) electrons. The van der Waals surface area contributed by atoms with Gasteiger partial charge in [0.25, 0.3) is 0 Å². The molecule has 2 rings (SSSR count). The summed E-state index contributed by atoms with van der Waals surface area (Å²) >= 11 is 0. The molecule has 1 fully saturated rings. The van der Waals surface area contributed by atoms with E-state index in [-0.39, 0.29) is 41.2 Å². The first kappa shape index (κ1) is 24.1. The second-order valence-electron chi connectivity index (χ2n) is 6.79. The predicted molar refractivity (Wildman–Crippen MR) is 119 cm³/mol. The second kappa shape index (κ2) is 11.2. The standard InChI is InChI=1S/C19H30FN3O2S.HI/c1-4-15(5-2)16-10-12-23(14-16)19(21-3)22-11-13-26(24,25)18-9-7-6-8-17(18)20;/h6-9,15-16H,4-5,10-14H2,1-3H3,(H,21,22);1H. The number of halogens is 2. The lowest BCUT2D eigenvalue weighted by molar-refractivity contribution is 0.319. The first-order chi connectivity index (χ1) is 12.4. The molecule has 1 aromatic rings. The quantitative estimate of drug-likeness (QED) is 0.346. The van der Waals surface area contributed by atoms with Gasteiger partial charge in [0.05, 0.1) is 5.75 Å². The highest BCUT2D eigenvalue weighted by Crippen LogP contribution is 2.28. The van der Waals surface area contributed by atoms with E-state index in [1.807, 2.05) is 0 Å². The molecule has 8 heteroatoms. The van der Waals surface area contributed by atoms with Gasteiger partial charge in [0.15, 0.2) is 15.8 Å². The summed E-state index contributed by atoms with van der Waals surface area (Å²) in [5.41, 5.74) is 0. The SMILES string of the molecule is CCC(CC)C1CCN(C(=NC)NCCS(=O)(=O)c2ccccc2F)C1.I. The van der Waals surface area contributed by atoms with Gasteiger partial charge in [-0.2, -0.15) is 0 Å². The second-order valence-corrected chi connectivity index (χ2v) is 8.87. The topological polar surface area (TPSA) is 61.8 Å². The fourth-order valence-corrected chi connectivity index (χ4v) is 5.00. The van der Waals surface area contributed by atoms with Gasteiger partial charge >= 0.3 is 0 Å². The number of sulfone groups is 1. The fourth-order valence-electron chi connectivity index (χ4n) is 3.76. The van der Waals surface area contributed by atoms with Crippen molar-refractivity contribution in [3.05, 3.63) is 30.1 Å². The molecule has 1 aromatic carbocycles. The molecule has 0 spiro atoms. The van der Waals surface area contributed by atoms with Gasteiger partial charge in [-0.25, -0.2) is 12.8 Å². The third-order valence-corrected chi connectivity index (χ3v) is 7.02. The highest BCUT2D eigenvalue weighted by Gasteiger charge is 2.29. The minimum atomic E-state index is -3.66. The van der Waals surface area contributed by atoms with E-state index < -0.39 is 15.7 Å². The highest BCUT2D eigenvalue weighted by atomic mass is 127. The maximum Gasteiger partial charge on any atom is 0.193 e. The zero-order chi connectivity index (χ0) is 19.2. The van der Waals surface area contributed by atoms with Crippen LogP contribution in [-0.4, -0.2) is 51.7 Å². The average Bonchev–Trinajstić information content (AvgIpc) is 3.09. The van der Waals surface area contributed by atoms with Crippen molar-refractivity contribution >= 4 is 39.8 Å². The summed E-state index contributed by atoms with van der Waals surface area (Å²) in [5, 5.41) is 3.13. The van der Waals surface area contributed by atoms with Gasteiger partial charge in [-0.1, -0.05) is 38.8 Å². The Bertz CT molecular complexity index is 723. The minimum Gasteiger partial charge on any atom is -0.355 e. The molecule has 1 aliphatic rings. The fraction of sp³-hybridized carbons (Fsp3) is 0.632. The Hall–Kier alpha value is -0.900. The number of hydrogen-bond donors (Lipinski definition) is 1. The van der Waals surface area contributed by atoms with Crippen molar-refractivity contribution in [3.63, 3.8) is 0 Å². The van der Waals surface area contributed by atoms with Gasteiger partial charge in [0.1, 0.15) is 10.7 Å². The predicted octanol–water partition coefficient (Wildman–Crippen LogP) is 3.55. The van der Waals surface area contributed by atoms with E-state index in [9.17, 15) is 12.8 Å². The molecule has 5 nitrogen and oxygen atoms in total. The molecule has 1 saturated heterocycles. The molecule has 0 amide bonds. The van der Waals surface area contributed by atoms with Gasteiger partial charge in [-0.15, -0.1) is 24.0 Å². The molecule has 1 aliphatic heterocycles. The van der Waals surface area contributed by atoms with Gasteiger partial charge < -0.3 is 10.2 Å². The zero-order valence-electron chi connectivity index (χ0n) is 16.3. The van der Waals surface area contributed by atoms with Crippen LogP contribution < -0.4 is 5.32 Å². The minimum absolute atomic E-state index is 0. The van der Waals surface area contributed by atoms with E-state index in [1.54, 1.807) is 7.05 Å². The Labute approximate surface area is 179 Å². The molecule has 0 aromatic heterocycles. The van der Waals surface area contributed by atoms with Crippen LogP contribution in [0.5, 0.6) is 0 Å². The number of benzene rings is 1. The summed E-state index contributed by atoms with van der Waals surface area (Å²) in [4.78, 5) is 6.24. The van der Waals surface area contributed by atoms with Crippen LogP contribution in [0.2, 0.25) is 0 Å². The van der Waals surface area contributed by atoms with E-state index in [1.165, 1.54) is 37.1 Å². The molecule has 1 heterocycles. The van der Waals surface area contributed by atoms with Crippen molar-refractivity contribution in [2.24, 2.45) is 16.8 Å². The number of nitrogens with one attached hydrogen (secondary N) is 1. The number of rotatable bonds is 7. The number of aliphatic imine (C=N–C) groups is 1. The lowest BCUT2D eigenvalue weighted by Gasteiger charge is -2.24. The molecule has 1 N–H and O–H groups in total. The van der Waals surface area contributed by atoms with Crippen LogP contribution in [0.1, 0.15) is 33.1 Å². The lowest BCUT2D eigenvalue weighted by atomic mass is 9.87. The van der Waals surface area contributed by atoms with Crippen LogP contribution in [0.3, 0.4) is 0 Å². The van der Waals surface area contributed by atoms with Crippen LogP contribution >= 0.6 is 24.0 Å². The maximum absolute atomic E-state index is 13.7. The van der Waals surface area contributed by atoms with Crippen molar-refractivity contribution in [1.29, 1.82) is 0 Å². The van der Waals surface area contributed by atoms with Crippen LogP contribution in [-0.2, 0) is 9.84 Å². The van der Waals surface area contributed by atoms with Gasteiger partial charge in [0, 0.05) is 26.7 Å². The van der Waals surface area contributed by atoms with Crippen molar-refractivity contribution in [1.82, 2.24) is 10.2 Å². The summed E-state index contributed by atoms with van der Waals surface area (Å²) < 4.78 is 38.4. The van der Waals surface area contributed by atoms with E-state index in [0.717, 1.165) is 31.4 Å². The third-order valence-electron chi connectivity index (χ3n) is 5.28. The molecule has 0 saturated carbocycles. The van der Waals surface area contributed by atoms with Crippen LogP contribution in [0.15, 0.2) is 34.2 Å². The molecule has 1 atom stereocenters.